The second kappa shape index (κ2) is 7.33. The van der Waals surface area contributed by atoms with E-state index in [4.69, 9.17) is 0 Å². The van der Waals surface area contributed by atoms with Gasteiger partial charge in [0.25, 0.3) is 0 Å². The van der Waals surface area contributed by atoms with Gasteiger partial charge in [0.15, 0.2) is 0 Å². The third-order valence-electron chi connectivity index (χ3n) is 5.73. The van der Waals surface area contributed by atoms with E-state index in [1.165, 1.54) is 30.5 Å². The van der Waals surface area contributed by atoms with Gasteiger partial charge < -0.3 is 4.90 Å². The van der Waals surface area contributed by atoms with Gasteiger partial charge in [-0.2, -0.15) is 0 Å². The minimum absolute atomic E-state index is 0.430. The smallest absolute Gasteiger partial charge is 0.224 e. The molecule has 0 unspecified atom stereocenters. The molecule has 0 atom stereocenters. The Balaban J connectivity index is 1.28. The van der Waals surface area contributed by atoms with E-state index >= 15 is 0 Å². The van der Waals surface area contributed by atoms with Crippen molar-refractivity contribution in [1.29, 1.82) is 0 Å². The summed E-state index contributed by atoms with van der Waals surface area (Å²) in [6.07, 6.45) is 6.60. The number of aromatic nitrogens is 2. The lowest BCUT2D eigenvalue weighted by Gasteiger charge is -2.36. The third kappa shape index (κ3) is 3.89. The van der Waals surface area contributed by atoms with Gasteiger partial charge in [-0.3, -0.25) is 9.80 Å². The first-order valence-electron chi connectivity index (χ1n) is 9.63. The summed E-state index contributed by atoms with van der Waals surface area (Å²) in [6.45, 7) is 6.73. The monoisotopic (exact) mass is 351 g/mol. The van der Waals surface area contributed by atoms with E-state index in [1.54, 1.807) is 0 Å². The van der Waals surface area contributed by atoms with Crippen LogP contribution in [0.2, 0.25) is 0 Å². The molecule has 5 heteroatoms. The largest absolute Gasteiger partial charge is 0.347 e. The van der Waals surface area contributed by atoms with E-state index in [1.807, 2.05) is 31.4 Å². The third-order valence-corrected chi connectivity index (χ3v) is 5.73. The molecule has 1 aliphatic heterocycles. The van der Waals surface area contributed by atoms with Gasteiger partial charge in [-0.1, -0.05) is 30.3 Å². The summed E-state index contributed by atoms with van der Waals surface area (Å²) in [5, 5.41) is 0. The van der Waals surface area contributed by atoms with E-state index in [0.717, 1.165) is 38.7 Å². The lowest BCUT2D eigenvalue weighted by Crippen LogP contribution is -2.48. The zero-order valence-corrected chi connectivity index (χ0v) is 15.9. The van der Waals surface area contributed by atoms with Gasteiger partial charge in [0.2, 0.25) is 5.95 Å². The highest BCUT2D eigenvalue weighted by molar-refractivity contribution is 5.31. The van der Waals surface area contributed by atoms with Gasteiger partial charge in [0.1, 0.15) is 0 Å². The van der Waals surface area contributed by atoms with Crippen molar-refractivity contribution < 1.29 is 0 Å². The van der Waals surface area contributed by atoms with Crippen molar-refractivity contribution in [1.82, 2.24) is 19.8 Å². The quantitative estimate of drug-likeness (QED) is 0.799. The molecule has 1 saturated heterocycles. The summed E-state index contributed by atoms with van der Waals surface area (Å²) in [6, 6.07) is 11.1. The topological polar surface area (TPSA) is 35.5 Å². The van der Waals surface area contributed by atoms with Crippen LogP contribution in [0.3, 0.4) is 0 Å². The van der Waals surface area contributed by atoms with Crippen LogP contribution in [0.4, 0.5) is 5.95 Å². The standard InChI is InChI=1S/C21H29N5/c1-24(2)20-22-14-18(15-23-20)16-25-10-12-26(13-11-25)17-21(8-9-21)19-6-4-3-5-7-19/h3-7,14-15H,8-13,16-17H2,1-2H3. The lowest BCUT2D eigenvalue weighted by atomic mass is 9.95. The highest BCUT2D eigenvalue weighted by atomic mass is 15.3. The van der Waals surface area contributed by atoms with Crippen LogP contribution in [0.5, 0.6) is 0 Å². The highest BCUT2D eigenvalue weighted by Gasteiger charge is 2.45. The van der Waals surface area contributed by atoms with Gasteiger partial charge in [0.05, 0.1) is 0 Å². The first-order chi connectivity index (χ1) is 12.6. The summed E-state index contributed by atoms with van der Waals surface area (Å²) < 4.78 is 0. The molecule has 0 N–H and O–H groups in total. The summed E-state index contributed by atoms with van der Waals surface area (Å²) in [7, 11) is 3.94. The average molecular weight is 351 g/mol. The molecule has 1 aromatic carbocycles. The Morgan fingerprint density at radius 1 is 0.923 bits per heavy atom. The van der Waals surface area contributed by atoms with E-state index < -0.39 is 0 Å². The molecular formula is C21H29N5. The van der Waals surface area contributed by atoms with Gasteiger partial charge in [-0.05, 0) is 18.4 Å². The van der Waals surface area contributed by atoms with Crippen LogP contribution >= 0.6 is 0 Å². The predicted molar refractivity (Wildman–Crippen MR) is 105 cm³/mol. The second-order valence-electron chi connectivity index (χ2n) is 7.98. The zero-order chi connectivity index (χ0) is 18.0. The van der Waals surface area contributed by atoms with Crippen LogP contribution in [-0.2, 0) is 12.0 Å². The molecular weight excluding hydrogens is 322 g/mol. The molecule has 2 fully saturated rings. The van der Waals surface area contributed by atoms with Crippen LogP contribution in [0.15, 0.2) is 42.7 Å². The number of anilines is 1. The van der Waals surface area contributed by atoms with Crippen molar-refractivity contribution in [2.24, 2.45) is 0 Å². The molecule has 0 radical (unpaired) electrons. The van der Waals surface area contributed by atoms with Gasteiger partial charge in [0, 0.05) is 76.7 Å². The van der Waals surface area contributed by atoms with Crippen LogP contribution in [0, 0.1) is 0 Å². The van der Waals surface area contributed by atoms with E-state index in [9.17, 15) is 0 Å². The maximum absolute atomic E-state index is 4.43. The first-order valence-corrected chi connectivity index (χ1v) is 9.63. The van der Waals surface area contributed by atoms with Crippen molar-refractivity contribution >= 4 is 5.95 Å². The number of hydrogen-bond acceptors (Lipinski definition) is 5. The molecule has 0 spiro atoms. The minimum atomic E-state index is 0.430. The average Bonchev–Trinajstić information content (AvgIpc) is 3.45. The maximum Gasteiger partial charge on any atom is 0.224 e. The summed E-state index contributed by atoms with van der Waals surface area (Å²) in [4.78, 5) is 16.0. The molecule has 2 heterocycles. The molecule has 2 aromatic rings. The van der Waals surface area contributed by atoms with Crippen molar-refractivity contribution in [2.75, 3.05) is 51.7 Å². The first kappa shape index (κ1) is 17.4. The van der Waals surface area contributed by atoms with Crippen LogP contribution < -0.4 is 4.90 Å². The Morgan fingerprint density at radius 3 is 2.12 bits per heavy atom. The minimum Gasteiger partial charge on any atom is -0.347 e. The van der Waals surface area contributed by atoms with Crippen molar-refractivity contribution in [3.8, 4) is 0 Å². The predicted octanol–water partition coefficient (Wildman–Crippen LogP) is 2.39. The SMILES string of the molecule is CN(C)c1ncc(CN2CCN(CC3(c4ccccc4)CC3)CC2)cn1. The number of rotatable bonds is 6. The maximum atomic E-state index is 4.43. The Bertz CT molecular complexity index is 701. The fourth-order valence-electron chi connectivity index (χ4n) is 3.93. The molecule has 26 heavy (non-hydrogen) atoms. The van der Waals surface area contributed by atoms with Crippen LogP contribution in [0.25, 0.3) is 0 Å². The molecule has 5 nitrogen and oxygen atoms in total. The van der Waals surface area contributed by atoms with Gasteiger partial charge in [-0.25, -0.2) is 9.97 Å². The van der Waals surface area contributed by atoms with Crippen LogP contribution in [-0.4, -0.2) is 66.6 Å². The Kier molecular flexibility index (Phi) is 4.92. The van der Waals surface area contributed by atoms with E-state index in [0.29, 0.717) is 5.41 Å². The molecule has 2 aliphatic rings. The molecule has 4 rings (SSSR count). The van der Waals surface area contributed by atoms with Crippen molar-refractivity contribution in [2.45, 2.75) is 24.8 Å². The molecule has 1 aliphatic carbocycles. The van der Waals surface area contributed by atoms with Gasteiger partial charge in [-0.15, -0.1) is 0 Å². The Labute approximate surface area is 156 Å². The Hall–Kier alpha value is -1.98. The second-order valence-corrected chi connectivity index (χ2v) is 7.98. The van der Waals surface area contributed by atoms with E-state index in [-0.39, 0.29) is 0 Å². The van der Waals surface area contributed by atoms with Crippen LogP contribution in [0.1, 0.15) is 24.0 Å². The number of hydrogen-bond donors (Lipinski definition) is 0. The lowest BCUT2D eigenvalue weighted by molar-refractivity contribution is 0.119. The fourth-order valence-corrected chi connectivity index (χ4v) is 3.93. The molecule has 0 amide bonds. The molecule has 1 aromatic heterocycles. The molecule has 0 bridgehead atoms. The van der Waals surface area contributed by atoms with Gasteiger partial charge >= 0.3 is 0 Å². The zero-order valence-electron chi connectivity index (χ0n) is 15.9. The molecule has 138 valence electrons. The van der Waals surface area contributed by atoms with Crippen molar-refractivity contribution in [3.63, 3.8) is 0 Å². The number of piperazine rings is 1. The normalized spacial score (nSPS) is 20.1. The molecule has 1 saturated carbocycles. The van der Waals surface area contributed by atoms with E-state index in [2.05, 4.69) is 50.1 Å². The van der Waals surface area contributed by atoms with Crippen molar-refractivity contribution in [3.05, 3.63) is 53.9 Å². The summed E-state index contributed by atoms with van der Waals surface area (Å²) >= 11 is 0. The summed E-state index contributed by atoms with van der Waals surface area (Å²) in [5.41, 5.74) is 3.16. The Morgan fingerprint density at radius 2 is 1.54 bits per heavy atom. The summed E-state index contributed by atoms with van der Waals surface area (Å²) in [5.74, 6) is 0.772. The number of benzene rings is 1. The highest BCUT2D eigenvalue weighted by Crippen LogP contribution is 2.48. The fraction of sp³-hybridized carbons (Fsp3) is 0.524. The number of nitrogens with zero attached hydrogens (tertiary/aromatic N) is 5.